The number of benzene rings is 2. The van der Waals surface area contributed by atoms with Gasteiger partial charge in [-0.2, -0.15) is 0 Å². The molecule has 1 atom stereocenters. The number of likely N-dealkylation sites (N-methyl/N-ethyl adjacent to an activating group) is 1. The predicted octanol–water partition coefficient (Wildman–Crippen LogP) is 5.87. The van der Waals surface area contributed by atoms with E-state index in [1.165, 1.54) is 11.8 Å². The molecule has 0 spiro atoms. The summed E-state index contributed by atoms with van der Waals surface area (Å²) in [4.78, 5) is 50.9. The van der Waals surface area contributed by atoms with Gasteiger partial charge in [-0.25, -0.2) is 0 Å². The average molecular weight is 626 g/mol. The summed E-state index contributed by atoms with van der Waals surface area (Å²) in [5.74, 6) is 0.717. The lowest BCUT2D eigenvalue weighted by atomic mass is 9.86. The minimum absolute atomic E-state index is 0.0222. The molecule has 10 nitrogen and oxygen atoms in total. The van der Waals surface area contributed by atoms with E-state index in [4.69, 9.17) is 18.9 Å². The lowest BCUT2D eigenvalue weighted by Gasteiger charge is -2.36. The molecule has 0 aromatic heterocycles. The van der Waals surface area contributed by atoms with Crippen LogP contribution in [0.1, 0.15) is 105 Å². The molecule has 3 rings (SSSR count). The zero-order valence-corrected chi connectivity index (χ0v) is 27.5. The predicted molar refractivity (Wildman–Crippen MR) is 170 cm³/mol. The number of ketones is 2. The van der Waals surface area contributed by atoms with Crippen LogP contribution in [0, 0.1) is 0 Å². The van der Waals surface area contributed by atoms with Gasteiger partial charge in [-0.1, -0.05) is 26.7 Å². The summed E-state index contributed by atoms with van der Waals surface area (Å²) in [5, 5.41) is 10.6. The highest BCUT2D eigenvalue weighted by Gasteiger charge is 2.39. The van der Waals surface area contributed by atoms with E-state index >= 15 is 0 Å². The summed E-state index contributed by atoms with van der Waals surface area (Å²) < 4.78 is 23.6. The Morgan fingerprint density at radius 1 is 0.978 bits per heavy atom. The number of hydrogen-bond acceptors (Lipinski definition) is 9. The standard InChI is InChI=1S/C35H47NO9/c1-7-11-26-29(15-13-24(23(4)37)33(26)41)43-19-10-20-44-30-16-14-25-28(38)21-35(5,45-34(25)27(30)12-8-2)18-17-31(39)36(6)22-32(40)42-9-3/h13-16,41H,7-12,17-22H2,1-6H3. The number of Topliss-reactive ketones (excluding diaryl/α,β-unsaturated/α-hetero) is 2. The first-order valence-corrected chi connectivity index (χ1v) is 15.8. The molecule has 0 fully saturated rings. The van der Waals surface area contributed by atoms with Crippen LogP contribution in [0.2, 0.25) is 0 Å². The number of carbonyl (C=O) groups excluding carboxylic acids is 4. The van der Waals surface area contributed by atoms with Gasteiger partial charge in [0.2, 0.25) is 5.91 Å². The molecular formula is C35H47NO9. The minimum atomic E-state index is -0.890. The van der Waals surface area contributed by atoms with Crippen LogP contribution in [0.15, 0.2) is 24.3 Å². The molecule has 246 valence electrons. The maximum absolute atomic E-state index is 13.2. The fourth-order valence-electron chi connectivity index (χ4n) is 5.43. The van der Waals surface area contributed by atoms with Gasteiger partial charge in [-0.3, -0.25) is 19.2 Å². The number of aromatic hydroxyl groups is 1. The molecule has 0 radical (unpaired) electrons. The van der Waals surface area contributed by atoms with E-state index in [1.54, 1.807) is 38.2 Å². The van der Waals surface area contributed by atoms with Gasteiger partial charge in [-0.05, 0) is 64.3 Å². The molecule has 10 heteroatoms. The lowest BCUT2D eigenvalue weighted by Crippen LogP contribution is -2.41. The molecule has 1 aliphatic heterocycles. The molecule has 0 saturated carbocycles. The smallest absolute Gasteiger partial charge is 0.325 e. The molecule has 0 saturated heterocycles. The third-order valence-corrected chi connectivity index (χ3v) is 7.79. The molecule has 2 aromatic rings. The van der Waals surface area contributed by atoms with Gasteiger partial charge in [0.15, 0.2) is 11.6 Å². The number of carbonyl (C=O) groups is 4. The zero-order chi connectivity index (χ0) is 33.1. The van der Waals surface area contributed by atoms with E-state index in [2.05, 4.69) is 0 Å². The van der Waals surface area contributed by atoms with E-state index in [0.717, 1.165) is 18.4 Å². The molecule has 1 aliphatic rings. The quantitative estimate of drug-likeness (QED) is 0.130. The van der Waals surface area contributed by atoms with Crippen LogP contribution >= 0.6 is 0 Å². The molecule has 1 unspecified atom stereocenters. The van der Waals surface area contributed by atoms with E-state index in [-0.39, 0.29) is 54.8 Å². The highest BCUT2D eigenvalue weighted by molar-refractivity contribution is 6.01. The molecule has 45 heavy (non-hydrogen) atoms. The van der Waals surface area contributed by atoms with E-state index in [9.17, 15) is 24.3 Å². The van der Waals surface area contributed by atoms with Crippen molar-refractivity contribution in [1.29, 1.82) is 0 Å². The maximum atomic E-state index is 13.2. The Kier molecular flexibility index (Phi) is 12.8. The molecule has 1 heterocycles. The first kappa shape index (κ1) is 35.4. The Hall–Kier alpha value is -4.08. The van der Waals surface area contributed by atoms with Crippen LogP contribution in [-0.4, -0.2) is 72.5 Å². The van der Waals surface area contributed by atoms with Gasteiger partial charge < -0.3 is 29.0 Å². The normalized spacial score (nSPS) is 15.6. The lowest BCUT2D eigenvalue weighted by molar-refractivity contribution is -0.148. The topological polar surface area (TPSA) is 129 Å². The number of ether oxygens (including phenoxy) is 4. The highest BCUT2D eigenvalue weighted by atomic mass is 16.5. The van der Waals surface area contributed by atoms with Crippen molar-refractivity contribution in [3.8, 4) is 23.0 Å². The number of hydrogen-bond donors (Lipinski definition) is 1. The Morgan fingerprint density at radius 3 is 2.22 bits per heavy atom. The fourth-order valence-corrected chi connectivity index (χ4v) is 5.43. The van der Waals surface area contributed by atoms with Crippen LogP contribution < -0.4 is 14.2 Å². The highest BCUT2D eigenvalue weighted by Crippen LogP contribution is 2.42. The van der Waals surface area contributed by atoms with Crippen LogP contribution in [0.25, 0.3) is 0 Å². The third kappa shape index (κ3) is 9.22. The third-order valence-electron chi connectivity index (χ3n) is 7.79. The Balaban J connectivity index is 1.66. The number of rotatable bonds is 17. The number of phenolic OH excluding ortho intramolecular Hbond substituents is 1. The summed E-state index contributed by atoms with van der Waals surface area (Å²) in [5.41, 5.74) is 1.35. The SMILES string of the molecule is CCCc1c(OCCCOc2ccc3c(c2CCC)OC(C)(CCC(=O)N(C)CC(=O)OCC)CC3=O)ccc(C(C)=O)c1O. The van der Waals surface area contributed by atoms with Gasteiger partial charge in [0.1, 0.15) is 35.1 Å². The Bertz CT molecular complexity index is 1390. The van der Waals surface area contributed by atoms with Crippen molar-refractivity contribution in [3.63, 3.8) is 0 Å². The van der Waals surface area contributed by atoms with E-state index in [0.29, 0.717) is 67.3 Å². The van der Waals surface area contributed by atoms with E-state index in [1.807, 2.05) is 20.8 Å². The van der Waals surface area contributed by atoms with Crippen molar-refractivity contribution in [1.82, 2.24) is 4.90 Å². The summed E-state index contributed by atoms with van der Waals surface area (Å²) in [7, 11) is 1.55. The number of fused-ring (bicyclic) bond motifs is 1. The van der Waals surface area contributed by atoms with Crippen molar-refractivity contribution >= 4 is 23.4 Å². The number of nitrogens with zero attached hydrogens (tertiary/aromatic N) is 1. The largest absolute Gasteiger partial charge is 0.507 e. The van der Waals surface area contributed by atoms with Crippen molar-refractivity contribution < 1.29 is 43.2 Å². The number of phenols is 1. The summed E-state index contributed by atoms with van der Waals surface area (Å²) >= 11 is 0. The number of amides is 1. The molecule has 2 aromatic carbocycles. The van der Waals surface area contributed by atoms with Crippen molar-refractivity contribution in [2.75, 3.05) is 33.4 Å². The monoisotopic (exact) mass is 625 g/mol. The second-order valence-electron chi connectivity index (χ2n) is 11.7. The molecule has 1 amide bonds. The molecular weight excluding hydrogens is 578 g/mol. The fraction of sp³-hybridized carbons (Fsp3) is 0.543. The first-order valence-electron chi connectivity index (χ1n) is 15.8. The van der Waals surface area contributed by atoms with Gasteiger partial charge in [0, 0.05) is 31.0 Å². The Labute approximate surface area is 266 Å². The maximum Gasteiger partial charge on any atom is 0.325 e. The molecule has 1 N–H and O–H groups in total. The minimum Gasteiger partial charge on any atom is -0.507 e. The van der Waals surface area contributed by atoms with Gasteiger partial charge >= 0.3 is 5.97 Å². The molecule has 0 bridgehead atoms. The van der Waals surface area contributed by atoms with Crippen LogP contribution in [-0.2, 0) is 27.2 Å². The first-order chi connectivity index (χ1) is 21.4. The van der Waals surface area contributed by atoms with Crippen LogP contribution in [0.5, 0.6) is 23.0 Å². The van der Waals surface area contributed by atoms with Crippen molar-refractivity contribution in [2.45, 2.75) is 91.6 Å². The van der Waals surface area contributed by atoms with Gasteiger partial charge in [-0.15, -0.1) is 0 Å². The van der Waals surface area contributed by atoms with Crippen molar-refractivity contribution in [3.05, 3.63) is 46.5 Å². The van der Waals surface area contributed by atoms with Crippen LogP contribution in [0.4, 0.5) is 0 Å². The van der Waals surface area contributed by atoms with Crippen LogP contribution in [0.3, 0.4) is 0 Å². The second kappa shape index (κ2) is 16.3. The summed E-state index contributed by atoms with van der Waals surface area (Å²) in [6.07, 6.45) is 3.95. The van der Waals surface area contributed by atoms with Gasteiger partial charge in [0.05, 0.1) is 37.4 Å². The van der Waals surface area contributed by atoms with Gasteiger partial charge in [0.25, 0.3) is 0 Å². The Morgan fingerprint density at radius 2 is 1.60 bits per heavy atom. The van der Waals surface area contributed by atoms with E-state index < -0.39 is 11.6 Å². The summed E-state index contributed by atoms with van der Waals surface area (Å²) in [6, 6.07) is 6.85. The average Bonchev–Trinajstić information content (AvgIpc) is 2.98. The van der Waals surface area contributed by atoms with Crippen molar-refractivity contribution in [2.24, 2.45) is 0 Å². The zero-order valence-electron chi connectivity index (χ0n) is 27.5. The second-order valence-corrected chi connectivity index (χ2v) is 11.7. The summed E-state index contributed by atoms with van der Waals surface area (Å²) in [6.45, 7) is 9.81. The molecule has 0 aliphatic carbocycles. The number of esters is 1.